The van der Waals surface area contributed by atoms with E-state index in [1.807, 2.05) is 6.92 Å². The van der Waals surface area contributed by atoms with Gasteiger partial charge in [-0.2, -0.15) is 0 Å². The minimum Gasteiger partial charge on any atom is -0.321 e. The van der Waals surface area contributed by atoms with Crippen LogP contribution in [0.5, 0.6) is 0 Å². The third-order valence-electron chi connectivity index (χ3n) is 3.78. The number of amides is 1. The molecule has 6 nitrogen and oxygen atoms in total. The molecule has 3 aromatic rings. The van der Waals surface area contributed by atoms with Crippen LogP contribution in [-0.4, -0.2) is 19.3 Å². The molecule has 0 atom stereocenters. The summed E-state index contributed by atoms with van der Waals surface area (Å²) in [5, 5.41) is 3.27. The Kier molecular flexibility index (Phi) is 5.69. The molecular formula is C18H15ClFN3O3S2. The van der Waals surface area contributed by atoms with Crippen molar-refractivity contribution in [2.45, 2.75) is 18.7 Å². The number of hydrogen-bond acceptors (Lipinski definition) is 5. The van der Waals surface area contributed by atoms with Crippen molar-refractivity contribution in [3.63, 3.8) is 0 Å². The van der Waals surface area contributed by atoms with E-state index in [0.29, 0.717) is 16.4 Å². The first kappa shape index (κ1) is 20.2. The van der Waals surface area contributed by atoms with Crippen molar-refractivity contribution >= 4 is 49.7 Å². The minimum absolute atomic E-state index is 0.0360. The number of carbonyl (C=O) groups is 1. The van der Waals surface area contributed by atoms with Crippen molar-refractivity contribution in [2.75, 3.05) is 10.0 Å². The van der Waals surface area contributed by atoms with Gasteiger partial charge < -0.3 is 5.32 Å². The minimum atomic E-state index is -3.95. The molecule has 10 heteroatoms. The van der Waals surface area contributed by atoms with Crippen LogP contribution in [0, 0.1) is 19.7 Å². The van der Waals surface area contributed by atoms with Crippen LogP contribution in [0.3, 0.4) is 0 Å². The molecule has 1 heterocycles. The Morgan fingerprint density at radius 2 is 1.82 bits per heavy atom. The van der Waals surface area contributed by atoms with Gasteiger partial charge in [-0.25, -0.2) is 17.8 Å². The highest BCUT2D eigenvalue weighted by atomic mass is 35.5. The summed E-state index contributed by atoms with van der Waals surface area (Å²) in [4.78, 5) is 16.8. The number of carbonyl (C=O) groups excluding carboxylic acids is 1. The molecule has 0 aliphatic rings. The summed E-state index contributed by atoms with van der Waals surface area (Å²) in [5.74, 6) is -0.971. The lowest BCUT2D eigenvalue weighted by molar-refractivity contribution is 0.103. The largest absolute Gasteiger partial charge is 0.321 e. The summed E-state index contributed by atoms with van der Waals surface area (Å²) in [7, 11) is -3.95. The van der Waals surface area contributed by atoms with Gasteiger partial charge in [-0.1, -0.05) is 29.0 Å². The first-order chi connectivity index (χ1) is 13.2. The molecule has 0 unspecified atom stereocenters. The molecule has 0 saturated heterocycles. The van der Waals surface area contributed by atoms with E-state index in [9.17, 15) is 17.6 Å². The molecule has 0 bridgehead atoms. The van der Waals surface area contributed by atoms with E-state index in [4.69, 9.17) is 11.6 Å². The zero-order chi connectivity index (χ0) is 20.5. The highest BCUT2D eigenvalue weighted by molar-refractivity contribution is 7.93. The average molecular weight is 440 g/mol. The number of nitrogens with one attached hydrogen (secondary N) is 2. The highest BCUT2D eigenvalue weighted by Gasteiger charge is 2.20. The topological polar surface area (TPSA) is 88.2 Å². The number of nitrogens with zero attached hydrogens (tertiary/aromatic N) is 1. The number of rotatable bonds is 5. The second-order valence-electron chi connectivity index (χ2n) is 5.91. The Morgan fingerprint density at radius 1 is 1.14 bits per heavy atom. The highest BCUT2D eigenvalue weighted by Crippen LogP contribution is 2.27. The number of aromatic nitrogens is 1. The van der Waals surface area contributed by atoms with Gasteiger partial charge in [0.15, 0.2) is 5.13 Å². The van der Waals surface area contributed by atoms with Crippen molar-refractivity contribution in [3.05, 3.63) is 69.4 Å². The van der Waals surface area contributed by atoms with Crippen molar-refractivity contribution in [1.29, 1.82) is 0 Å². The van der Waals surface area contributed by atoms with E-state index in [-0.39, 0.29) is 14.9 Å². The lowest BCUT2D eigenvalue weighted by Crippen LogP contribution is -2.12. The smallest absolute Gasteiger partial charge is 0.267 e. The summed E-state index contributed by atoms with van der Waals surface area (Å²) in [6.07, 6.45) is 0. The van der Waals surface area contributed by atoms with Crippen LogP contribution < -0.4 is 10.0 Å². The number of anilines is 2. The van der Waals surface area contributed by atoms with Crippen LogP contribution >= 0.6 is 22.9 Å². The third kappa shape index (κ3) is 4.49. The summed E-state index contributed by atoms with van der Waals surface area (Å²) in [6, 6.07) is 9.51. The van der Waals surface area contributed by atoms with Gasteiger partial charge in [0.25, 0.3) is 15.9 Å². The maximum atomic E-state index is 13.0. The van der Waals surface area contributed by atoms with Crippen LogP contribution in [0.25, 0.3) is 0 Å². The molecular weight excluding hydrogens is 425 g/mol. The number of sulfonamides is 1. The Bertz CT molecular complexity index is 1150. The van der Waals surface area contributed by atoms with Crippen LogP contribution in [0.4, 0.5) is 15.2 Å². The molecule has 1 amide bonds. The molecule has 3 rings (SSSR count). The quantitative estimate of drug-likeness (QED) is 0.607. The van der Waals surface area contributed by atoms with E-state index >= 15 is 0 Å². The summed E-state index contributed by atoms with van der Waals surface area (Å²) < 4.78 is 40.1. The molecule has 146 valence electrons. The molecule has 0 aliphatic heterocycles. The second kappa shape index (κ2) is 7.86. The maximum Gasteiger partial charge on any atom is 0.267 e. The van der Waals surface area contributed by atoms with E-state index in [2.05, 4.69) is 15.0 Å². The fraction of sp³-hybridized carbons (Fsp3) is 0.111. The van der Waals surface area contributed by atoms with E-state index in [0.717, 1.165) is 41.2 Å². The van der Waals surface area contributed by atoms with Crippen LogP contribution in [-0.2, 0) is 10.0 Å². The summed E-state index contributed by atoms with van der Waals surface area (Å²) in [6.45, 7) is 3.45. The zero-order valence-electron chi connectivity index (χ0n) is 14.8. The van der Waals surface area contributed by atoms with Crippen LogP contribution in [0.2, 0.25) is 5.02 Å². The Hall–Kier alpha value is -2.49. The molecule has 0 aliphatic carbocycles. The van der Waals surface area contributed by atoms with Gasteiger partial charge in [0, 0.05) is 10.7 Å². The lowest BCUT2D eigenvalue weighted by atomic mass is 10.2. The molecule has 0 radical (unpaired) electrons. The Balaban J connectivity index is 1.79. The third-order valence-corrected chi connectivity index (χ3v) is 6.74. The lowest BCUT2D eigenvalue weighted by Gasteiger charge is -2.06. The van der Waals surface area contributed by atoms with Gasteiger partial charge >= 0.3 is 0 Å². The van der Waals surface area contributed by atoms with Crippen molar-refractivity contribution < 1.29 is 17.6 Å². The van der Waals surface area contributed by atoms with E-state index < -0.39 is 21.7 Å². The Morgan fingerprint density at radius 3 is 2.46 bits per heavy atom. The molecule has 2 N–H and O–H groups in total. The molecule has 0 saturated carbocycles. The molecule has 0 fully saturated rings. The number of benzene rings is 2. The summed E-state index contributed by atoms with van der Waals surface area (Å²) >= 11 is 6.96. The van der Waals surface area contributed by atoms with Gasteiger partial charge in [-0.15, -0.1) is 0 Å². The molecule has 1 aromatic heterocycles. The SMILES string of the molecule is Cc1ccc(NC(=O)c2sc(NS(=O)(=O)c3ccc(F)cc3)nc2C)cc1Cl. The number of aryl methyl sites for hydroxylation is 2. The van der Waals surface area contributed by atoms with Gasteiger partial charge in [-0.3, -0.25) is 9.52 Å². The predicted molar refractivity (Wildman–Crippen MR) is 108 cm³/mol. The maximum absolute atomic E-state index is 13.0. The van der Waals surface area contributed by atoms with Crippen molar-refractivity contribution in [3.8, 4) is 0 Å². The molecule has 2 aromatic carbocycles. The van der Waals surface area contributed by atoms with Crippen LogP contribution in [0.1, 0.15) is 20.9 Å². The fourth-order valence-corrected chi connectivity index (χ4v) is 4.57. The van der Waals surface area contributed by atoms with Gasteiger partial charge in [0.2, 0.25) is 0 Å². The van der Waals surface area contributed by atoms with E-state index in [1.165, 1.54) is 0 Å². The number of hydrogen-bond donors (Lipinski definition) is 2. The number of halogens is 2. The summed E-state index contributed by atoms with van der Waals surface area (Å²) in [5.41, 5.74) is 1.77. The average Bonchev–Trinajstić information content (AvgIpc) is 2.98. The first-order valence-corrected chi connectivity index (χ1v) is 10.7. The zero-order valence-corrected chi connectivity index (χ0v) is 17.2. The molecule has 0 spiro atoms. The van der Waals surface area contributed by atoms with Crippen molar-refractivity contribution in [1.82, 2.24) is 4.98 Å². The standard InChI is InChI=1S/C18H15ClFN3O3S2/c1-10-3-6-13(9-15(10)19)22-17(24)16-11(2)21-18(27-16)23-28(25,26)14-7-4-12(20)5-8-14/h3-9H,1-2H3,(H,21,23)(H,22,24). The fourth-order valence-electron chi connectivity index (χ4n) is 2.30. The van der Waals surface area contributed by atoms with E-state index in [1.54, 1.807) is 25.1 Å². The van der Waals surface area contributed by atoms with Crippen LogP contribution in [0.15, 0.2) is 47.4 Å². The Labute approximate surface area is 170 Å². The van der Waals surface area contributed by atoms with Crippen molar-refractivity contribution in [2.24, 2.45) is 0 Å². The first-order valence-electron chi connectivity index (χ1n) is 7.99. The number of thiazole rings is 1. The van der Waals surface area contributed by atoms with Gasteiger partial charge in [0.1, 0.15) is 10.7 Å². The van der Waals surface area contributed by atoms with Gasteiger partial charge in [0.05, 0.1) is 10.6 Å². The predicted octanol–water partition coefficient (Wildman–Crippen LogP) is 4.61. The van der Waals surface area contributed by atoms with Gasteiger partial charge in [-0.05, 0) is 55.8 Å². The molecule has 28 heavy (non-hydrogen) atoms. The normalized spacial score (nSPS) is 11.3. The monoisotopic (exact) mass is 439 g/mol. The second-order valence-corrected chi connectivity index (χ2v) is 9.00.